The smallest absolute Gasteiger partial charge is 0.306 e. The van der Waals surface area contributed by atoms with Gasteiger partial charge in [-0.25, -0.2) is 9.97 Å². The van der Waals surface area contributed by atoms with E-state index in [2.05, 4.69) is 14.9 Å². The van der Waals surface area contributed by atoms with Crippen molar-refractivity contribution in [2.45, 2.75) is 25.2 Å². The van der Waals surface area contributed by atoms with E-state index in [9.17, 15) is 4.79 Å². The first-order chi connectivity index (χ1) is 9.74. The lowest BCUT2D eigenvalue weighted by molar-refractivity contribution is -0.142. The Balaban J connectivity index is 1.68. The van der Waals surface area contributed by atoms with Crippen LogP contribution >= 0.6 is 0 Å². The van der Waals surface area contributed by atoms with Crippen LogP contribution in [0.2, 0.25) is 0 Å². The van der Waals surface area contributed by atoms with Gasteiger partial charge in [0.05, 0.1) is 18.2 Å². The predicted octanol–water partition coefficient (Wildman–Crippen LogP) is 1.28. The molecule has 3 heterocycles. The van der Waals surface area contributed by atoms with E-state index in [1.807, 2.05) is 6.07 Å². The Morgan fingerprint density at radius 3 is 2.75 bits per heavy atom. The third-order valence-corrected chi connectivity index (χ3v) is 4.19. The summed E-state index contributed by atoms with van der Waals surface area (Å²) in [6.45, 7) is 3.02. The largest absolute Gasteiger partial charge is 0.481 e. The molecule has 1 atom stereocenters. The molecule has 1 N–H and O–H groups in total. The summed E-state index contributed by atoms with van der Waals surface area (Å²) in [5.41, 5.74) is 1.04. The molecule has 2 saturated heterocycles. The molecular weight excluding hydrogens is 258 g/mol. The van der Waals surface area contributed by atoms with Crippen LogP contribution in [0.15, 0.2) is 12.4 Å². The van der Waals surface area contributed by atoms with E-state index in [-0.39, 0.29) is 5.92 Å². The van der Waals surface area contributed by atoms with Crippen LogP contribution in [-0.4, -0.2) is 47.3 Å². The van der Waals surface area contributed by atoms with E-state index in [1.54, 1.807) is 6.33 Å². The molecule has 0 aliphatic carbocycles. The van der Waals surface area contributed by atoms with E-state index in [0.29, 0.717) is 18.8 Å². The van der Waals surface area contributed by atoms with E-state index in [4.69, 9.17) is 9.84 Å². The molecule has 0 radical (unpaired) electrons. The monoisotopic (exact) mass is 277 g/mol. The van der Waals surface area contributed by atoms with Crippen molar-refractivity contribution in [2.75, 3.05) is 31.2 Å². The number of piperidine rings is 1. The van der Waals surface area contributed by atoms with Crippen LogP contribution in [0.4, 0.5) is 5.82 Å². The van der Waals surface area contributed by atoms with Crippen molar-refractivity contribution in [3.63, 3.8) is 0 Å². The molecule has 6 heteroatoms. The van der Waals surface area contributed by atoms with Crippen LogP contribution in [0.25, 0.3) is 0 Å². The van der Waals surface area contributed by atoms with Crippen molar-refractivity contribution in [3.8, 4) is 0 Å². The Hall–Kier alpha value is -1.69. The second kappa shape index (κ2) is 5.75. The average Bonchev–Trinajstić information content (AvgIpc) is 3.02. The van der Waals surface area contributed by atoms with Gasteiger partial charge in [-0.2, -0.15) is 0 Å². The summed E-state index contributed by atoms with van der Waals surface area (Å²) in [4.78, 5) is 21.8. The minimum atomic E-state index is -0.684. The Morgan fingerprint density at radius 2 is 2.10 bits per heavy atom. The van der Waals surface area contributed by atoms with Crippen LogP contribution < -0.4 is 4.90 Å². The number of anilines is 1. The number of hydrogen-bond acceptors (Lipinski definition) is 5. The van der Waals surface area contributed by atoms with Crippen LogP contribution in [0.5, 0.6) is 0 Å². The molecule has 0 saturated carbocycles. The van der Waals surface area contributed by atoms with Crippen LogP contribution in [0.3, 0.4) is 0 Å². The van der Waals surface area contributed by atoms with Gasteiger partial charge in [-0.3, -0.25) is 4.79 Å². The molecule has 108 valence electrons. The molecule has 20 heavy (non-hydrogen) atoms. The lowest BCUT2D eigenvalue weighted by Crippen LogP contribution is -2.36. The molecule has 0 spiro atoms. The number of rotatable bonds is 3. The number of ether oxygens (including phenoxy) is 1. The molecule has 1 unspecified atom stereocenters. The number of carboxylic acids is 1. The van der Waals surface area contributed by atoms with E-state index >= 15 is 0 Å². The molecule has 6 nitrogen and oxygen atoms in total. The fourth-order valence-corrected chi connectivity index (χ4v) is 2.88. The highest BCUT2D eigenvalue weighted by Gasteiger charge is 2.26. The summed E-state index contributed by atoms with van der Waals surface area (Å²) in [7, 11) is 0. The molecule has 0 aromatic carbocycles. The Labute approximate surface area is 117 Å². The molecule has 1 aromatic heterocycles. The molecule has 2 aliphatic heterocycles. The van der Waals surface area contributed by atoms with Gasteiger partial charge in [0, 0.05) is 31.7 Å². The quantitative estimate of drug-likeness (QED) is 0.897. The number of aromatic nitrogens is 2. The van der Waals surface area contributed by atoms with Gasteiger partial charge in [0.1, 0.15) is 12.1 Å². The molecule has 3 rings (SSSR count). The normalized spacial score (nSPS) is 24.0. The maximum absolute atomic E-state index is 11.0. The first-order valence-corrected chi connectivity index (χ1v) is 7.11. The lowest BCUT2D eigenvalue weighted by Gasteiger charge is -2.31. The first kappa shape index (κ1) is 13.3. The zero-order valence-electron chi connectivity index (χ0n) is 11.4. The fraction of sp³-hybridized carbons (Fsp3) is 0.643. The zero-order valence-corrected chi connectivity index (χ0v) is 11.4. The highest BCUT2D eigenvalue weighted by atomic mass is 16.5. The van der Waals surface area contributed by atoms with Gasteiger partial charge in [-0.05, 0) is 19.3 Å². The minimum Gasteiger partial charge on any atom is -0.481 e. The van der Waals surface area contributed by atoms with Crippen molar-refractivity contribution < 1.29 is 14.6 Å². The summed E-state index contributed by atoms with van der Waals surface area (Å²) < 4.78 is 5.40. The average molecular weight is 277 g/mol. The van der Waals surface area contributed by atoms with Crippen molar-refractivity contribution in [3.05, 3.63) is 18.1 Å². The Kier molecular flexibility index (Phi) is 3.82. The van der Waals surface area contributed by atoms with Gasteiger partial charge in [-0.15, -0.1) is 0 Å². The Morgan fingerprint density at radius 1 is 1.30 bits per heavy atom. The third-order valence-electron chi connectivity index (χ3n) is 4.19. The Bertz CT molecular complexity index is 480. The van der Waals surface area contributed by atoms with E-state index < -0.39 is 5.97 Å². The summed E-state index contributed by atoms with van der Waals surface area (Å²) in [5, 5.41) is 9.02. The second-order valence-electron chi connectivity index (χ2n) is 5.46. The maximum Gasteiger partial charge on any atom is 0.306 e. The van der Waals surface area contributed by atoms with Crippen LogP contribution in [-0.2, 0) is 9.53 Å². The number of carboxylic acid groups (broad SMARTS) is 1. The van der Waals surface area contributed by atoms with Gasteiger partial charge in [0.25, 0.3) is 0 Å². The zero-order chi connectivity index (χ0) is 13.9. The number of carbonyl (C=O) groups is 1. The van der Waals surface area contributed by atoms with Crippen molar-refractivity contribution in [2.24, 2.45) is 5.92 Å². The van der Waals surface area contributed by atoms with E-state index in [0.717, 1.165) is 44.2 Å². The SMILES string of the molecule is O=C(O)C1CCN(c2cc(C3CCOC3)ncn2)CC1. The summed E-state index contributed by atoms with van der Waals surface area (Å²) >= 11 is 0. The number of hydrogen-bond donors (Lipinski definition) is 1. The fourth-order valence-electron chi connectivity index (χ4n) is 2.88. The first-order valence-electron chi connectivity index (χ1n) is 7.11. The predicted molar refractivity (Wildman–Crippen MR) is 72.8 cm³/mol. The lowest BCUT2D eigenvalue weighted by atomic mass is 9.97. The number of aliphatic carboxylic acids is 1. The molecule has 1 aromatic rings. The van der Waals surface area contributed by atoms with Crippen molar-refractivity contribution >= 4 is 11.8 Å². The van der Waals surface area contributed by atoms with Crippen molar-refractivity contribution in [1.29, 1.82) is 0 Å². The van der Waals surface area contributed by atoms with Crippen LogP contribution in [0.1, 0.15) is 30.9 Å². The van der Waals surface area contributed by atoms with E-state index in [1.165, 1.54) is 0 Å². The van der Waals surface area contributed by atoms with Gasteiger partial charge in [-0.1, -0.05) is 0 Å². The highest BCUT2D eigenvalue weighted by Crippen LogP contribution is 2.27. The maximum atomic E-state index is 11.0. The second-order valence-corrected chi connectivity index (χ2v) is 5.46. The third kappa shape index (κ3) is 2.75. The molecule has 2 aliphatic rings. The molecule has 2 fully saturated rings. The molecular formula is C14H19N3O3. The van der Waals surface area contributed by atoms with Gasteiger partial charge < -0.3 is 14.7 Å². The number of nitrogens with zero attached hydrogens (tertiary/aromatic N) is 3. The van der Waals surface area contributed by atoms with Gasteiger partial charge in [0.15, 0.2) is 0 Å². The van der Waals surface area contributed by atoms with Gasteiger partial charge in [0.2, 0.25) is 0 Å². The van der Waals surface area contributed by atoms with Gasteiger partial charge >= 0.3 is 5.97 Å². The standard InChI is InChI=1S/C14H19N3O3/c18-14(19)10-1-4-17(5-2-10)13-7-12(15-9-16-13)11-3-6-20-8-11/h7,9-11H,1-6,8H2,(H,18,19). The molecule has 0 bridgehead atoms. The topological polar surface area (TPSA) is 75.5 Å². The van der Waals surface area contributed by atoms with Crippen molar-refractivity contribution in [1.82, 2.24) is 9.97 Å². The minimum absolute atomic E-state index is 0.212. The summed E-state index contributed by atoms with van der Waals surface area (Å²) in [6, 6.07) is 2.03. The van der Waals surface area contributed by atoms with Crippen LogP contribution in [0, 0.1) is 5.92 Å². The molecule has 0 amide bonds. The highest BCUT2D eigenvalue weighted by molar-refractivity contribution is 5.70. The summed E-state index contributed by atoms with van der Waals surface area (Å²) in [6.07, 6.45) is 3.98. The summed E-state index contributed by atoms with van der Waals surface area (Å²) in [5.74, 6) is 0.381.